The van der Waals surface area contributed by atoms with Crippen LogP contribution in [0.2, 0.25) is 10.0 Å². The average Bonchev–Trinajstić information content (AvgIpc) is 3.37. The summed E-state index contributed by atoms with van der Waals surface area (Å²) in [4.78, 5) is 12.5. The van der Waals surface area contributed by atoms with Crippen molar-refractivity contribution in [3.05, 3.63) is 57.8 Å². The topological polar surface area (TPSA) is 75.3 Å². The molecule has 1 fully saturated rings. The largest absolute Gasteiger partial charge is 0.319 e. The van der Waals surface area contributed by atoms with Gasteiger partial charge in [-0.05, 0) is 49.2 Å². The molecule has 0 radical (unpaired) electrons. The Morgan fingerprint density at radius 3 is 2.24 bits per heavy atom. The van der Waals surface area contributed by atoms with Crippen molar-refractivity contribution in [2.75, 3.05) is 10.0 Å². The Balaban J connectivity index is 1.89. The molecule has 0 heterocycles. The first kappa shape index (κ1) is 18.0. The molecule has 132 valence electrons. The van der Waals surface area contributed by atoms with Crippen LogP contribution in [0.4, 0.5) is 15.8 Å². The van der Waals surface area contributed by atoms with Crippen LogP contribution in [0.15, 0.2) is 36.4 Å². The summed E-state index contributed by atoms with van der Waals surface area (Å²) in [6, 6.07) is 7.98. The molecule has 1 aliphatic rings. The van der Waals surface area contributed by atoms with Gasteiger partial charge in [-0.3, -0.25) is 9.52 Å². The lowest BCUT2D eigenvalue weighted by Gasteiger charge is -2.13. The first-order chi connectivity index (χ1) is 11.8. The highest BCUT2D eigenvalue weighted by atomic mass is 35.5. The summed E-state index contributed by atoms with van der Waals surface area (Å²) in [5, 5.41) is 2.37. The van der Waals surface area contributed by atoms with Crippen molar-refractivity contribution >= 4 is 50.5 Å². The molecule has 9 heteroatoms. The Labute approximate surface area is 154 Å². The number of nitrogens with one attached hydrogen (secondary N) is 2. The monoisotopic (exact) mass is 402 g/mol. The highest BCUT2D eigenvalue weighted by molar-refractivity contribution is 7.93. The Morgan fingerprint density at radius 1 is 1.04 bits per heavy atom. The van der Waals surface area contributed by atoms with E-state index >= 15 is 0 Å². The molecule has 3 rings (SSSR count). The summed E-state index contributed by atoms with van der Waals surface area (Å²) in [5.74, 6) is -1.40. The van der Waals surface area contributed by atoms with Crippen LogP contribution in [0.25, 0.3) is 0 Å². The van der Waals surface area contributed by atoms with E-state index in [1.807, 2.05) is 0 Å². The number of hydrogen-bond acceptors (Lipinski definition) is 3. The summed E-state index contributed by atoms with van der Waals surface area (Å²) in [7, 11) is -3.56. The summed E-state index contributed by atoms with van der Waals surface area (Å²) < 4.78 is 40.5. The van der Waals surface area contributed by atoms with E-state index in [4.69, 9.17) is 23.2 Å². The van der Waals surface area contributed by atoms with Crippen molar-refractivity contribution in [2.45, 2.75) is 18.1 Å². The fraction of sp³-hybridized carbons (Fsp3) is 0.188. The summed E-state index contributed by atoms with van der Waals surface area (Å²) in [6.45, 7) is 0. The average molecular weight is 403 g/mol. The van der Waals surface area contributed by atoms with E-state index in [0.717, 1.165) is 6.07 Å². The van der Waals surface area contributed by atoms with E-state index in [1.165, 1.54) is 30.3 Å². The van der Waals surface area contributed by atoms with Crippen molar-refractivity contribution in [1.82, 2.24) is 0 Å². The molecular weight excluding hydrogens is 390 g/mol. The van der Waals surface area contributed by atoms with E-state index in [1.54, 1.807) is 0 Å². The third kappa shape index (κ3) is 4.23. The van der Waals surface area contributed by atoms with Gasteiger partial charge in [0.25, 0.3) is 5.91 Å². The lowest BCUT2D eigenvalue weighted by molar-refractivity contribution is 0.102. The fourth-order valence-corrected chi connectivity index (χ4v) is 3.93. The third-order valence-electron chi connectivity index (χ3n) is 3.62. The predicted molar refractivity (Wildman–Crippen MR) is 96.4 cm³/mol. The van der Waals surface area contributed by atoms with E-state index < -0.39 is 27.0 Å². The molecule has 2 aromatic carbocycles. The number of sulfonamides is 1. The molecule has 2 aromatic rings. The lowest BCUT2D eigenvalue weighted by atomic mass is 10.1. The lowest BCUT2D eigenvalue weighted by Crippen LogP contribution is -2.21. The second kappa shape index (κ2) is 6.82. The van der Waals surface area contributed by atoms with Gasteiger partial charge >= 0.3 is 0 Å². The molecule has 0 spiro atoms. The summed E-state index contributed by atoms with van der Waals surface area (Å²) in [5.41, 5.74) is -0.000350. The zero-order valence-corrected chi connectivity index (χ0v) is 15.1. The minimum Gasteiger partial charge on any atom is -0.319 e. The van der Waals surface area contributed by atoms with Gasteiger partial charge in [-0.2, -0.15) is 0 Å². The number of anilines is 2. The van der Waals surface area contributed by atoms with Gasteiger partial charge in [0.05, 0.1) is 22.2 Å². The van der Waals surface area contributed by atoms with E-state index in [-0.39, 0.29) is 27.0 Å². The standard InChI is InChI=1S/C16H13Cl2FN2O3S/c17-9-1-5-14(21-25(23,24)11-3-4-11)12(7-9)16(22)20-15-6-2-10(18)8-13(15)19/h1-2,5-8,11,21H,3-4H2,(H,20,22). The van der Waals surface area contributed by atoms with E-state index in [2.05, 4.69) is 10.0 Å². The molecule has 0 saturated heterocycles. The first-order valence-electron chi connectivity index (χ1n) is 7.34. The number of halogens is 3. The van der Waals surface area contributed by atoms with Gasteiger partial charge in [0.1, 0.15) is 5.82 Å². The first-order valence-corrected chi connectivity index (χ1v) is 9.64. The quantitative estimate of drug-likeness (QED) is 0.782. The Kier molecular flexibility index (Phi) is 4.90. The number of benzene rings is 2. The van der Waals surface area contributed by atoms with Crippen LogP contribution in [-0.2, 0) is 10.0 Å². The molecule has 1 amide bonds. The van der Waals surface area contributed by atoms with Crippen molar-refractivity contribution in [1.29, 1.82) is 0 Å². The molecule has 1 aliphatic carbocycles. The summed E-state index contributed by atoms with van der Waals surface area (Å²) >= 11 is 11.6. The molecule has 0 aromatic heterocycles. The third-order valence-corrected chi connectivity index (χ3v) is 5.94. The number of carbonyl (C=O) groups excluding carboxylic acids is 1. The molecule has 2 N–H and O–H groups in total. The Hall–Kier alpha value is -1.83. The molecule has 0 atom stereocenters. The number of hydrogen-bond donors (Lipinski definition) is 2. The molecule has 0 bridgehead atoms. The van der Waals surface area contributed by atoms with Crippen molar-refractivity contribution in [2.24, 2.45) is 0 Å². The van der Waals surface area contributed by atoms with Crippen LogP contribution in [-0.4, -0.2) is 19.6 Å². The van der Waals surface area contributed by atoms with E-state index in [0.29, 0.717) is 12.8 Å². The maximum Gasteiger partial charge on any atom is 0.257 e. The normalized spacial score (nSPS) is 14.2. The minimum absolute atomic E-state index is 0.00826. The van der Waals surface area contributed by atoms with E-state index in [9.17, 15) is 17.6 Å². The van der Waals surface area contributed by atoms with Crippen molar-refractivity contribution in [3.63, 3.8) is 0 Å². The van der Waals surface area contributed by atoms with Gasteiger partial charge in [0.15, 0.2) is 0 Å². The second-order valence-corrected chi connectivity index (χ2v) is 8.45. The molecule has 5 nitrogen and oxygen atoms in total. The van der Waals surface area contributed by atoms with Crippen LogP contribution < -0.4 is 10.0 Å². The zero-order chi connectivity index (χ0) is 18.2. The van der Waals surface area contributed by atoms with Crippen LogP contribution in [0.3, 0.4) is 0 Å². The minimum atomic E-state index is -3.56. The molecule has 0 aliphatic heterocycles. The van der Waals surface area contributed by atoms with Crippen LogP contribution >= 0.6 is 23.2 Å². The molecule has 25 heavy (non-hydrogen) atoms. The van der Waals surface area contributed by atoms with Gasteiger partial charge in [-0.1, -0.05) is 23.2 Å². The second-order valence-electron chi connectivity index (χ2n) is 5.61. The maximum atomic E-state index is 13.9. The predicted octanol–water partition coefficient (Wildman–Crippen LogP) is 4.29. The van der Waals surface area contributed by atoms with Crippen LogP contribution in [0.1, 0.15) is 23.2 Å². The van der Waals surface area contributed by atoms with Crippen molar-refractivity contribution in [3.8, 4) is 0 Å². The highest BCUT2D eigenvalue weighted by Gasteiger charge is 2.36. The van der Waals surface area contributed by atoms with Gasteiger partial charge in [-0.25, -0.2) is 12.8 Å². The van der Waals surface area contributed by atoms with Gasteiger partial charge in [0.2, 0.25) is 10.0 Å². The van der Waals surface area contributed by atoms with Crippen LogP contribution in [0, 0.1) is 5.82 Å². The van der Waals surface area contributed by atoms with Gasteiger partial charge < -0.3 is 5.32 Å². The maximum absolute atomic E-state index is 13.9. The van der Waals surface area contributed by atoms with Gasteiger partial charge in [-0.15, -0.1) is 0 Å². The SMILES string of the molecule is O=C(Nc1ccc(Cl)cc1F)c1cc(Cl)ccc1NS(=O)(=O)C1CC1. The Morgan fingerprint density at radius 2 is 1.64 bits per heavy atom. The zero-order valence-electron chi connectivity index (χ0n) is 12.7. The summed E-state index contributed by atoms with van der Waals surface area (Å²) in [6.07, 6.45) is 1.17. The van der Waals surface area contributed by atoms with Gasteiger partial charge in [0, 0.05) is 10.0 Å². The fourth-order valence-electron chi connectivity index (χ4n) is 2.19. The number of amides is 1. The smallest absolute Gasteiger partial charge is 0.257 e. The molecular formula is C16H13Cl2FN2O3S. The van der Waals surface area contributed by atoms with Crippen LogP contribution in [0.5, 0.6) is 0 Å². The highest BCUT2D eigenvalue weighted by Crippen LogP contribution is 2.31. The van der Waals surface area contributed by atoms with Crippen molar-refractivity contribution < 1.29 is 17.6 Å². The molecule has 1 saturated carbocycles. The molecule has 0 unspecified atom stereocenters. The number of carbonyl (C=O) groups is 1. The Bertz CT molecular complexity index is 946. The number of rotatable bonds is 5.